The largest absolute Gasteiger partial charge is 0.358 e. The van der Waals surface area contributed by atoms with Crippen molar-refractivity contribution in [1.82, 2.24) is 15.2 Å². The average molecular weight is 525 g/mol. The van der Waals surface area contributed by atoms with Crippen LogP contribution in [0, 0.1) is 0 Å². The molecule has 0 bridgehead atoms. The molecule has 3 N–H and O–H groups in total. The number of aromatic amines is 1. The van der Waals surface area contributed by atoms with Crippen LogP contribution in [0.2, 0.25) is 0 Å². The molecular formula is C28H36N4O4S. The highest BCUT2D eigenvalue weighted by atomic mass is 32.2. The van der Waals surface area contributed by atoms with Crippen molar-refractivity contribution in [2.24, 2.45) is 0 Å². The van der Waals surface area contributed by atoms with E-state index in [2.05, 4.69) is 29.5 Å². The van der Waals surface area contributed by atoms with E-state index in [0.29, 0.717) is 42.8 Å². The number of aryl methyl sites for hydroxylation is 1. The summed E-state index contributed by atoms with van der Waals surface area (Å²) in [6, 6.07) is 5.34. The van der Waals surface area contributed by atoms with Crippen LogP contribution in [-0.2, 0) is 38.7 Å². The van der Waals surface area contributed by atoms with Gasteiger partial charge in [0.15, 0.2) is 9.84 Å². The van der Waals surface area contributed by atoms with Gasteiger partial charge in [-0.05, 0) is 81.4 Å². The fourth-order valence-electron chi connectivity index (χ4n) is 5.92. The Hall–Kier alpha value is -2.91. The van der Waals surface area contributed by atoms with Crippen molar-refractivity contribution in [3.8, 4) is 0 Å². The maximum absolute atomic E-state index is 13.1. The highest BCUT2D eigenvalue weighted by Crippen LogP contribution is 2.37. The molecule has 9 heteroatoms. The Morgan fingerprint density at radius 1 is 1.14 bits per heavy atom. The third-order valence-electron chi connectivity index (χ3n) is 7.74. The van der Waals surface area contributed by atoms with Gasteiger partial charge in [0.1, 0.15) is 0 Å². The molecule has 1 saturated heterocycles. The van der Waals surface area contributed by atoms with Gasteiger partial charge in [-0.2, -0.15) is 0 Å². The Morgan fingerprint density at radius 3 is 2.59 bits per heavy atom. The quantitative estimate of drug-likeness (QED) is 0.502. The van der Waals surface area contributed by atoms with E-state index in [1.54, 1.807) is 25.1 Å². The molecule has 2 atom stereocenters. The number of fused-ring (bicyclic) bond motifs is 2. The predicted octanol–water partition coefficient (Wildman–Crippen LogP) is 3.32. The zero-order valence-electron chi connectivity index (χ0n) is 21.8. The van der Waals surface area contributed by atoms with E-state index in [4.69, 9.17) is 0 Å². The molecule has 1 aliphatic carbocycles. The summed E-state index contributed by atoms with van der Waals surface area (Å²) >= 11 is 0. The molecule has 5 rings (SSSR count). The molecule has 3 aliphatic rings. The highest BCUT2D eigenvalue weighted by Gasteiger charge is 2.29. The van der Waals surface area contributed by atoms with Crippen LogP contribution in [0.1, 0.15) is 68.1 Å². The minimum Gasteiger partial charge on any atom is -0.358 e. The van der Waals surface area contributed by atoms with Crippen molar-refractivity contribution in [3.63, 3.8) is 0 Å². The maximum Gasteiger partial charge on any atom is 0.256 e. The number of H-pyrrole nitrogens is 1. The summed E-state index contributed by atoms with van der Waals surface area (Å²) in [5.74, 6) is -0.0966. The molecule has 0 saturated carbocycles. The van der Waals surface area contributed by atoms with E-state index in [-0.39, 0.29) is 34.5 Å². The number of carbonyl (C=O) groups is 2. The molecule has 2 aromatic rings. The molecule has 0 spiro atoms. The molecule has 3 heterocycles. The number of hydrogen-bond donors (Lipinski definition) is 3. The maximum atomic E-state index is 13.1. The first-order chi connectivity index (χ1) is 17.7. The molecule has 1 aromatic carbocycles. The SMILES string of the molecule is CCS(=O)(=O)c1ccc2c(c1)/C(=C\c1[nH]c3c(c1CCC(=O)N1CC(C)NC(C)C1)CCCC3)C(=O)N2. The summed E-state index contributed by atoms with van der Waals surface area (Å²) in [6.45, 7) is 7.24. The second-order valence-electron chi connectivity index (χ2n) is 10.6. The van der Waals surface area contributed by atoms with Crippen molar-refractivity contribution in [2.45, 2.75) is 76.3 Å². The normalized spacial score (nSPS) is 22.6. The molecule has 2 aliphatic heterocycles. The van der Waals surface area contributed by atoms with Crippen molar-refractivity contribution < 1.29 is 18.0 Å². The molecule has 198 valence electrons. The van der Waals surface area contributed by atoms with Gasteiger partial charge in [-0.25, -0.2) is 8.42 Å². The standard InChI is InChI=1S/C28H36N4O4S/c1-4-37(35,36)19-9-11-25-22(13-19)23(28(34)31-25)14-26-21(20-7-5-6-8-24(20)30-26)10-12-27(33)32-15-17(2)29-18(3)16-32/h9,11,13-14,17-18,29-30H,4-8,10,12,15-16H2,1-3H3,(H,31,34)/b23-14+. The van der Waals surface area contributed by atoms with Crippen LogP contribution in [0.25, 0.3) is 11.6 Å². The first-order valence-electron chi connectivity index (χ1n) is 13.3. The first kappa shape index (κ1) is 25.7. The average Bonchev–Trinajstić information content (AvgIpc) is 3.38. The van der Waals surface area contributed by atoms with E-state index >= 15 is 0 Å². The molecule has 0 radical (unpaired) electrons. The first-order valence-corrected chi connectivity index (χ1v) is 15.0. The minimum absolute atomic E-state index is 0.00162. The van der Waals surface area contributed by atoms with Gasteiger partial charge in [-0.15, -0.1) is 0 Å². The van der Waals surface area contributed by atoms with E-state index in [0.717, 1.165) is 36.9 Å². The zero-order chi connectivity index (χ0) is 26.3. The molecule has 2 amide bonds. The van der Waals surface area contributed by atoms with E-state index < -0.39 is 9.84 Å². The number of piperazine rings is 1. The number of aromatic nitrogens is 1. The predicted molar refractivity (Wildman–Crippen MR) is 145 cm³/mol. The van der Waals surface area contributed by atoms with Crippen molar-refractivity contribution in [3.05, 3.63) is 46.3 Å². The third-order valence-corrected chi connectivity index (χ3v) is 9.48. The van der Waals surface area contributed by atoms with Crippen LogP contribution in [0.5, 0.6) is 0 Å². The fraction of sp³-hybridized carbons (Fsp3) is 0.500. The van der Waals surface area contributed by atoms with Crippen LogP contribution in [-0.4, -0.2) is 61.0 Å². The molecule has 8 nitrogen and oxygen atoms in total. The summed E-state index contributed by atoms with van der Waals surface area (Å²) in [5, 5.41) is 6.34. The van der Waals surface area contributed by atoms with E-state index in [1.807, 2.05) is 11.0 Å². The summed E-state index contributed by atoms with van der Waals surface area (Å²) in [7, 11) is -3.40. The summed E-state index contributed by atoms with van der Waals surface area (Å²) in [4.78, 5) is 31.8. The molecule has 2 unspecified atom stereocenters. The topological polar surface area (TPSA) is 111 Å². The van der Waals surface area contributed by atoms with E-state index in [1.165, 1.54) is 11.3 Å². The summed E-state index contributed by atoms with van der Waals surface area (Å²) in [5.41, 5.74) is 6.06. The number of amides is 2. The highest BCUT2D eigenvalue weighted by molar-refractivity contribution is 7.91. The van der Waals surface area contributed by atoms with Crippen molar-refractivity contribution in [1.29, 1.82) is 0 Å². The Balaban J connectivity index is 1.47. The van der Waals surface area contributed by atoms with Crippen molar-refractivity contribution in [2.75, 3.05) is 24.2 Å². The van der Waals surface area contributed by atoms with E-state index in [9.17, 15) is 18.0 Å². The van der Waals surface area contributed by atoms with Gasteiger partial charge >= 0.3 is 0 Å². The van der Waals surface area contributed by atoms with Crippen LogP contribution < -0.4 is 10.6 Å². The molecule has 1 fully saturated rings. The Bertz CT molecular complexity index is 1360. The lowest BCUT2D eigenvalue weighted by Gasteiger charge is -2.36. The smallest absolute Gasteiger partial charge is 0.256 e. The molecule has 1 aromatic heterocycles. The van der Waals surface area contributed by atoms with Crippen molar-refractivity contribution >= 4 is 39.0 Å². The van der Waals surface area contributed by atoms with Gasteiger partial charge in [-0.3, -0.25) is 9.59 Å². The van der Waals surface area contributed by atoms with Crippen LogP contribution in [0.4, 0.5) is 5.69 Å². The number of nitrogens with one attached hydrogen (secondary N) is 3. The number of sulfone groups is 1. The second kappa shape index (κ2) is 10.1. The fourth-order valence-corrected chi connectivity index (χ4v) is 6.83. The van der Waals surface area contributed by atoms with Crippen LogP contribution in [0.3, 0.4) is 0 Å². The zero-order valence-corrected chi connectivity index (χ0v) is 22.6. The van der Waals surface area contributed by atoms with Gasteiger partial charge in [0.25, 0.3) is 5.91 Å². The van der Waals surface area contributed by atoms with Gasteiger partial charge in [0, 0.05) is 54.2 Å². The Morgan fingerprint density at radius 2 is 1.86 bits per heavy atom. The van der Waals surface area contributed by atoms with Crippen LogP contribution >= 0.6 is 0 Å². The number of benzene rings is 1. The number of anilines is 1. The number of nitrogens with zero attached hydrogens (tertiary/aromatic N) is 1. The second-order valence-corrected chi connectivity index (χ2v) is 12.9. The third kappa shape index (κ3) is 5.11. The molecule has 37 heavy (non-hydrogen) atoms. The van der Waals surface area contributed by atoms with Gasteiger partial charge in [0.05, 0.1) is 16.2 Å². The summed E-state index contributed by atoms with van der Waals surface area (Å²) < 4.78 is 25.0. The Labute approximate surface area is 218 Å². The lowest BCUT2D eigenvalue weighted by molar-refractivity contribution is -0.132. The number of carbonyl (C=O) groups excluding carboxylic acids is 2. The molecular weight excluding hydrogens is 488 g/mol. The van der Waals surface area contributed by atoms with Crippen LogP contribution in [0.15, 0.2) is 23.1 Å². The number of rotatable bonds is 6. The van der Waals surface area contributed by atoms with Gasteiger partial charge in [0.2, 0.25) is 5.91 Å². The summed E-state index contributed by atoms with van der Waals surface area (Å²) in [6.07, 6.45) is 7.00. The number of hydrogen-bond acceptors (Lipinski definition) is 5. The van der Waals surface area contributed by atoms with Gasteiger partial charge < -0.3 is 20.5 Å². The van der Waals surface area contributed by atoms with Gasteiger partial charge in [-0.1, -0.05) is 6.92 Å². The monoisotopic (exact) mass is 524 g/mol. The Kier molecular flexibility index (Phi) is 7.02. The lowest BCUT2D eigenvalue weighted by Crippen LogP contribution is -2.55. The lowest BCUT2D eigenvalue weighted by atomic mass is 9.92. The minimum atomic E-state index is -3.40.